The summed E-state index contributed by atoms with van der Waals surface area (Å²) in [6, 6.07) is 18.1. The Hall–Kier alpha value is -4.19. The second-order valence-electron chi connectivity index (χ2n) is 8.42. The molecule has 0 saturated carbocycles. The van der Waals surface area contributed by atoms with Crippen molar-refractivity contribution in [3.05, 3.63) is 95.6 Å². The van der Waals surface area contributed by atoms with Crippen LogP contribution in [-0.4, -0.2) is 37.9 Å². The highest BCUT2D eigenvalue weighted by Gasteiger charge is 2.36. The van der Waals surface area contributed by atoms with Gasteiger partial charge in [-0.2, -0.15) is 26.7 Å². The summed E-state index contributed by atoms with van der Waals surface area (Å²) in [5.74, 6) is -1.97. The van der Waals surface area contributed by atoms with Crippen molar-refractivity contribution < 1.29 is 35.4 Å². The first-order valence-electron chi connectivity index (χ1n) is 11.4. The normalized spacial score (nSPS) is 16.1. The Balaban J connectivity index is 1.39. The number of carbonyl (C=O) groups excluding carboxylic acids is 2. The number of hydrogen-bond donors (Lipinski definition) is 1. The summed E-state index contributed by atoms with van der Waals surface area (Å²) in [6.07, 6.45) is -3.13. The number of benzene rings is 3. The van der Waals surface area contributed by atoms with E-state index in [4.69, 9.17) is 4.18 Å². The van der Waals surface area contributed by atoms with Crippen LogP contribution in [0.15, 0.2) is 88.9 Å². The lowest BCUT2D eigenvalue weighted by atomic mass is 10.1. The van der Waals surface area contributed by atoms with Gasteiger partial charge >= 0.3 is 16.3 Å². The second kappa shape index (κ2) is 11.1. The van der Waals surface area contributed by atoms with E-state index in [1.165, 1.54) is 18.2 Å². The van der Waals surface area contributed by atoms with E-state index >= 15 is 0 Å². The molecule has 0 radical (unpaired) electrons. The molecule has 1 aliphatic heterocycles. The Morgan fingerprint density at radius 1 is 1.03 bits per heavy atom. The summed E-state index contributed by atoms with van der Waals surface area (Å²) in [6.45, 7) is 0.818. The number of hydrazone groups is 1. The molecule has 3 aromatic rings. The molecule has 0 bridgehead atoms. The van der Waals surface area contributed by atoms with Gasteiger partial charge in [0.05, 0.1) is 11.8 Å². The van der Waals surface area contributed by atoms with E-state index in [2.05, 4.69) is 10.5 Å². The van der Waals surface area contributed by atoms with E-state index in [0.29, 0.717) is 31.6 Å². The van der Waals surface area contributed by atoms with Crippen LogP contribution in [0.1, 0.15) is 23.1 Å². The first kappa shape index (κ1) is 26.9. The van der Waals surface area contributed by atoms with Gasteiger partial charge in [0.25, 0.3) is 5.91 Å². The van der Waals surface area contributed by atoms with Gasteiger partial charge in [-0.3, -0.25) is 9.59 Å². The lowest BCUT2D eigenvalue weighted by Crippen LogP contribution is -2.34. The van der Waals surface area contributed by atoms with Crippen molar-refractivity contribution in [1.29, 1.82) is 0 Å². The van der Waals surface area contributed by atoms with Crippen LogP contribution in [0, 0.1) is 5.92 Å². The van der Waals surface area contributed by atoms with Gasteiger partial charge in [0.15, 0.2) is 5.75 Å². The Morgan fingerprint density at radius 3 is 2.37 bits per heavy atom. The SMILES string of the molecule is O=C(NN=Cc1ccccc1OS(=O)(=O)c1ccc(C(F)(F)F)cc1)C1CCN(Cc2ccccc2)C1=O. The van der Waals surface area contributed by atoms with E-state index in [1.807, 2.05) is 30.3 Å². The van der Waals surface area contributed by atoms with Crippen molar-refractivity contribution in [3.8, 4) is 5.75 Å². The van der Waals surface area contributed by atoms with E-state index in [9.17, 15) is 31.2 Å². The van der Waals surface area contributed by atoms with E-state index < -0.39 is 38.6 Å². The van der Waals surface area contributed by atoms with Crippen molar-refractivity contribution in [2.45, 2.75) is 24.0 Å². The van der Waals surface area contributed by atoms with Crippen LogP contribution < -0.4 is 9.61 Å². The zero-order valence-corrected chi connectivity index (χ0v) is 20.6. The van der Waals surface area contributed by atoms with Crippen LogP contribution in [0.25, 0.3) is 0 Å². The number of para-hydroxylation sites is 1. The van der Waals surface area contributed by atoms with Gasteiger partial charge in [-0.1, -0.05) is 42.5 Å². The molecule has 2 amide bonds. The third-order valence-electron chi connectivity index (χ3n) is 5.80. The Morgan fingerprint density at radius 2 is 1.68 bits per heavy atom. The lowest BCUT2D eigenvalue weighted by Gasteiger charge is -2.16. The maximum atomic E-state index is 12.8. The minimum Gasteiger partial charge on any atom is -0.378 e. The molecule has 1 N–H and O–H groups in total. The van der Waals surface area contributed by atoms with Gasteiger partial charge in [0, 0.05) is 18.7 Å². The topological polar surface area (TPSA) is 105 Å². The molecule has 0 aliphatic carbocycles. The highest BCUT2D eigenvalue weighted by molar-refractivity contribution is 7.87. The summed E-state index contributed by atoms with van der Waals surface area (Å²) in [4.78, 5) is 26.4. The minimum absolute atomic E-state index is 0.156. The van der Waals surface area contributed by atoms with Gasteiger partial charge in [-0.25, -0.2) is 5.43 Å². The number of nitrogens with one attached hydrogen (secondary N) is 1. The van der Waals surface area contributed by atoms with E-state index in [-0.39, 0.29) is 17.2 Å². The molecule has 8 nitrogen and oxygen atoms in total. The van der Waals surface area contributed by atoms with Gasteiger partial charge in [-0.15, -0.1) is 0 Å². The van der Waals surface area contributed by atoms with Gasteiger partial charge < -0.3 is 9.08 Å². The molecule has 12 heteroatoms. The number of rotatable bonds is 8. The quantitative estimate of drug-likeness (QED) is 0.200. The maximum absolute atomic E-state index is 12.8. The number of likely N-dealkylation sites (tertiary alicyclic amines) is 1. The largest absolute Gasteiger partial charge is 0.416 e. The fourth-order valence-corrected chi connectivity index (χ4v) is 4.78. The minimum atomic E-state index is -4.61. The van der Waals surface area contributed by atoms with Crippen LogP contribution in [0.2, 0.25) is 0 Å². The molecule has 1 heterocycles. The summed E-state index contributed by atoms with van der Waals surface area (Å²) < 4.78 is 68.7. The van der Waals surface area contributed by atoms with Crippen molar-refractivity contribution in [3.63, 3.8) is 0 Å². The van der Waals surface area contributed by atoms with Crippen molar-refractivity contribution in [1.82, 2.24) is 10.3 Å². The number of carbonyl (C=O) groups is 2. The molecule has 38 heavy (non-hydrogen) atoms. The molecule has 1 unspecified atom stereocenters. The molecule has 1 aliphatic rings. The van der Waals surface area contributed by atoms with Gasteiger partial charge in [0.1, 0.15) is 10.8 Å². The molecule has 1 saturated heterocycles. The van der Waals surface area contributed by atoms with E-state index in [1.54, 1.807) is 11.0 Å². The molecule has 4 rings (SSSR count). The zero-order chi connectivity index (χ0) is 27.3. The Labute approximate surface area is 216 Å². The fraction of sp³-hybridized carbons (Fsp3) is 0.192. The molecule has 3 aromatic carbocycles. The smallest absolute Gasteiger partial charge is 0.378 e. The van der Waals surface area contributed by atoms with Crippen LogP contribution >= 0.6 is 0 Å². The van der Waals surface area contributed by atoms with Crippen molar-refractivity contribution >= 4 is 28.1 Å². The lowest BCUT2D eigenvalue weighted by molar-refractivity contribution is -0.139. The molecular formula is C26H22F3N3O5S. The predicted octanol–water partition coefficient (Wildman–Crippen LogP) is 3.97. The molecule has 0 spiro atoms. The average molecular weight is 546 g/mol. The first-order valence-corrected chi connectivity index (χ1v) is 12.8. The van der Waals surface area contributed by atoms with Crippen molar-refractivity contribution in [2.75, 3.05) is 6.54 Å². The number of nitrogens with zero attached hydrogens (tertiary/aromatic N) is 2. The number of halogens is 3. The monoisotopic (exact) mass is 545 g/mol. The highest BCUT2D eigenvalue weighted by atomic mass is 32.2. The average Bonchev–Trinajstić information content (AvgIpc) is 3.25. The van der Waals surface area contributed by atoms with Crippen LogP contribution in [0.3, 0.4) is 0 Å². The molecule has 198 valence electrons. The number of alkyl halides is 3. The van der Waals surface area contributed by atoms with Crippen LogP contribution in [0.5, 0.6) is 5.75 Å². The number of hydrogen-bond acceptors (Lipinski definition) is 6. The first-order chi connectivity index (χ1) is 18.0. The Kier molecular flexibility index (Phi) is 7.81. The molecule has 1 atom stereocenters. The van der Waals surface area contributed by atoms with Gasteiger partial charge in [0.2, 0.25) is 5.91 Å². The summed E-state index contributed by atoms with van der Waals surface area (Å²) in [5.41, 5.74) is 2.42. The summed E-state index contributed by atoms with van der Waals surface area (Å²) in [7, 11) is -4.46. The standard InChI is InChI=1S/C26H22F3N3O5S/c27-26(28,29)20-10-12-21(13-11-20)38(35,36)37-23-9-5-4-8-19(23)16-30-31-24(33)22-14-15-32(25(22)34)17-18-6-2-1-3-7-18/h1-13,16,22H,14-15,17H2,(H,31,33). The highest BCUT2D eigenvalue weighted by Crippen LogP contribution is 2.30. The second-order valence-corrected chi connectivity index (χ2v) is 9.96. The van der Waals surface area contributed by atoms with Crippen LogP contribution in [-0.2, 0) is 32.4 Å². The molecular weight excluding hydrogens is 523 g/mol. The summed E-state index contributed by atoms with van der Waals surface area (Å²) >= 11 is 0. The number of amides is 2. The Bertz CT molecular complexity index is 1440. The third kappa shape index (κ3) is 6.38. The third-order valence-corrected chi connectivity index (χ3v) is 7.05. The van der Waals surface area contributed by atoms with Crippen molar-refractivity contribution in [2.24, 2.45) is 11.0 Å². The molecule has 0 aromatic heterocycles. The predicted molar refractivity (Wildman–Crippen MR) is 131 cm³/mol. The fourth-order valence-electron chi connectivity index (χ4n) is 3.83. The van der Waals surface area contributed by atoms with E-state index in [0.717, 1.165) is 23.9 Å². The summed E-state index contributed by atoms with van der Waals surface area (Å²) in [5, 5.41) is 3.84. The van der Waals surface area contributed by atoms with Crippen LogP contribution in [0.4, 0.5) is 13.2 Å². The molecule has 1 fully saturated rings. The van der Waals surface area contributed by atoms with Gasteiger partial charge in [-0.05, 0) is 48.4 Å². The zero-order valence-electron chi connectivity index (χ0n) is 19.8. The maximum Gasteiger partial charge on any atom is 0.416 e.